The highest BCUT2D eigenvalue weighted by Gasteiger charge is 2.09. The zero-order valence-corrected chi connectivity index (χ0v) is 8.76. The highest BCUT2D eigenvalue weighted by atomic mass is 19.1. The first kappa shape index (κ1) is 10.7. The Morgan fingerprint density at radius 2 is 1.88 bits per heavy atom. The predicted octanol–water partition coefficient (Wildman–Crippen LogP) is 3.48. The van der Waals surface area contributed by atoms with Crippen LogP contribution in [0.2, 0.25) is 0 Å². The fourth-order valence-electron chi connectivity index (χ4n) is 1.42. The van der Waals surface area contributed by atoms with Gasteiger partial charge in [0, 0.05) is 0 Å². The van der Waals surface area contributed by atoms with Crippen LogP contribution in [0.5, 0.6) is 0 Å². The van der Waals surface area contributed by atoms with Crippen molar-refractivity contribution in [3.05, 3.63) is 53.5 Å². The highest BCUT2D eigenvalue weighted by Crippen LogP contribution is 2.19. The number of furan rings is 1. The second-order valence-corrected chi connectivity index (χ2v) is 3.48. The van der Waals surface area contributed by atoms with Gasteiger partial charge in [-0.2, -0.15) is 0 Å². The van der Waals surface area contributed by atoms with Crippen molar-refractivity contribution in [1.82, 2.24) is 0 Å². The summed E-state index contributed by atoms with van der Waals surface area (Å²) in [6, 6.07) is 5.55. The quantitative estimate of drug-likeness (QED) is 0.861. The molecule has 0 aliphatic heterocycles. The number of anilines is 1. The third-order valence-electron chi connectivity index (χ3n) is 2.36. The normalized spacial score (nSPS) is 10.4. The fourth-order valence-corrected chi connectivity index (χ4v) is 1.42. The van der Waals surface area contributed by atoms with E-state index in [1.165, 1.54) is 18.2 Å². The summed E-state index contributed by atoms with van der Waals surface area (Å²) in [5, 5.41) is 2.68. The van der Waals surface area contributed by atoms with Gasteiger partial charge in [0.15, 0.2) is 0 Å². The number of para-hydroxylation sites is 1. The number of nitrogens with one attached hydrogen (secondary N) is 1. The lowest BCUT2D eigenvalue weighted by Gasteiger charge is -2.07. The van der Waals surface area contributed by atoms with Gasteiger partial charge in [-0.15, -0.1) is 0 Å². The van der Waals surface area contributed by atoms with Gasteiger partial charge < -0.3 is 9.73 Å². The van der Waals surface area contributed by atoms with Crippen molar-refractivity contribution in [3.8, 4) is 0 Å². The lowest BCUT2D eigenvalue weighted by atomic mass is 10.2. The van der Waals surface area contributed by atoms with Crippen LogP contribution in [0, 0.1) is 18.6 Å². The van der Waals surface area contributed by atoms with E-state index in [4.69, 9.17) is 4.42 Å². The molecule has 0 atom stereocenters. The Kier molecular flexibility index (Phi) is 2.90. The molecule has 2 aromatic rings. The summed E-state index contributed by atoms with van der Waals surface area (Å²) in [4.78, 5) is 0. The third-order valence-corrected chi connectivity index (χ3v) is 2.36. The van der Waals surface area contributed by atoms with Crippen molar-refractivity contribution in [3.63, 3.8) is 0 Å². The van der Waals surface area contributed by atoms with Crippen LogP contribution in [0.1, 0.15) is 11.3 Å². The van der Waals surface area contributed by atoms with Crippen LogP contribution in [0.15, 0.2) is 34.9 Å². The molecule has 0 fully saturated rings. The summed E-state index contributed by atoms with van der Waals surface area (Å²) in [5.41, 5.74) is 0.822. The third kappa shape index (κ3) is 2.05. The molecule has 0 spiro atoms. The monoisotopic (exact) mass is 223 g/mol. The molecule has 84 valence electrons. The van der Waals surface area contributed by atoms with Crippen LogP contribution in [-0.4, -0.2) is 0 Å². The fraction of sp³-hybridized carbons (Fsp3) is 0.167. The molecule has 0 radical (unpaired) electrons. The van der Waals surface area contributed by atoms with Gasteiger partial charge in [-0.25, -0.2) is 8.78 Å². The molecule has 1 aromatic carbocycles. The van der Waals surface area contributed by atoms with Gasteiger partial charge in [0.1, 0.15) is 23.1 Å². The number of hydrogen-bond donors (Lipinski definition) is 1. The van der Waals surface area contributed by atoms with Crippen molar-refractivity contribution in [1.29, 1.82) is 0 Å². The Morgan fingerprint density at radius 1 is 1.19 bits per heavy atom. The summed E-state index contributed by atoms with van der Waals surface area (Å²) < 4.78 is 31.7. The second-order valence-electron chi connectivity index (χ2n) is 3.48. The first-order valence-electron chi connectivity index (χ1n) is 4.89. The van der Waals surface area contributed by atoms with Gasteiger partial charge in [0.2, 0.25) is 0 Å². The van der Waals surface area contributed by atoms with E-state index in [2.05, 4.69) is 5.32 Å². The lowest BCUT2D eigenvalue weighted by molar-refractivity contribution is 0.513. The summed E-state index contributed by atoms with van der Waals surface area (Å²) in [6.07, 6.45) is 1.55. The second kappa shape index (κ2) is 4.35. The Balaban J connectivity index is 2.14. The van der Waals surface area contributed by atoms with Crippen molar-refractivity contribution in [2.45, 2.75) is 13.5 Å². The van der Waals surface area contributed by atoms with E-state index >= 15 is 0 Å². The minimum atomic E-state index is -0.607. The molecule has 0 bridgehead atoms. The van der Waals surface area contributed by atoms with Crippen LogP contribution in [0.4, 0.5) is 14.5 Å². The zero-order valence-electron chi connectivity index (χ0n) is 8.76. The predicted molar refractivity (Wildman–Crippen MR) is 57.1 cm³/mol. The smallest absolute Gasteiger partial charge is 0.149 e. The van der Waals surface area contributed by atoms with Crippen LogP contribution >= 0.6 is 0 Å². The molecular weight excluding hydrogens is 212 g/mol. The van der Waals surface area contributed by atoms with E-state index < -0.39 is 11.6 Å². The van der Waals surface area contributed by atoms with Crippen molar-refractivity contribution >= 4 is 5.69 Å². The van der Waals surface area contributed by atoms with E-state index in [0.29, 0.717) is 5.76 Å². The summed E-state index contributed by atoms with van der Waals surface area (Å²) in [6.45, 7) is 2.13. The van der Waals surface area contributed by atoms with Gasteiger partial charge in [0.25, 0.3) is 0 Å². The summed E-state index contributed by atoms with van der Waals surface area (Å²) in [5.74, 6) is -0.545. The Labute approximate surface area is 91.9 Å². The zero-order chi connectivity index (χ0) is 11.5. The standard InChI is InChI=1S/C12H11F2NO/c1-8-5-6-16-11(8)7-15-12-9(13)3-2-4-10(12)14/h2-6,15H,7H2,1H3. The average Bonchev–Trinajstić information content (AvgIpc) is 2.64. The maximum atomic E-state index is 13.2. The van der Waals surface area contributed by atoms with Crippen LogP contribution < -0.4 is 5.32 Å². The SMILES string of the molecule is Cc1ccoc1CNc1c(F)cccc1F. The molecule has 0 amide bonds. The number of halogens is 2. The van der Waals surface area contributed by atoms with Gasteiger partial charge in [-0.3, -0.25) is 0 Å². The molecule has 0 saturated carbocycles. The molecule has 16 heavy (non-hydrogen) atoms. The van der Waals surface area contributed by atoms with Crippen molar-refractivity contribution in [2.24, 2.45) is 0 Å². The summed E-state index contributed by atoms with van der Waals surface area (Å²) >= 11 is 0. The average molecular weight is 223 g/mol. The van der Waals surface area contributed by atoms with Gasteiger partial charge in [0.05, 0.1) is 12.8 Å². The Morgan fingerprint density at radius 3 is 2.44 bits per heavy atom. The largest absolute Gasteiger partial charge is 0.467 e. The number of hydrogen-bond acceptors (Lipinski definition) is 2. The van der Waals surface area contributed by atoms with Gasteiger partial charge in [-0.05, 0) is 30.7 Å². The molecule has 0 unspecified atom stereocenters. The molecule has 0 saturated heterocycles. The minimum absolute atomic E-state index is 0.127. The van der Waals surface area contributed by atoms with E-state index in [0.717, 1.165) is 5.56 Å². The van der Waals surface area contributed by atoms with E-state index in [9.17, 15) is 8.78 Å². The molecule has 1 heterocycles. The van der Waals surface area contributed by atoms with Crippen molar-refractivity contribution < 1.29 is 13.2 Å². The topological polar surface area (TPSA) is 25.2 Å². The maximum absolute atomic E-state index is 13.2. The molecule has 2 rings (SSSR count). The first-order chi connectivity index (χ1) is 7.68. The molecule has 1 N–H and O–H groups in total. The number of benzene rings is 1. The molecule has 1 aromatic heterocycles. The van der Waals surface area contributed by atoms with E-state index in [1.807, 2.05) is 6.92 Å². The van der Waals surface area contributed by atoms with E-state index in [1.54, 1.807) is 12.3 Å². The first-order valence-corrected chi connectivity index (χ1v) is 4.89. The molecule has 0 aliphatic rings. The van der Waals surface area contributed by atoms with Gasteiger partial charge >= 0.3 is 0 Å². The number of rotatable bonds is 3. The van der Waals surface area contributed by atoms with Gasteiger partial charge in [-0.1, -0.05) is 6.07 Å². The summed E-state index contributed by atoms with van der Waals surface area (Å²) in [7, 11) is 0. The lowest BCUT2D eigenvalue weighted by Crippen LogP contribution is -2.03. The molecule has 0 aliphatic carbocycles. The highest BCUT2D eigenvalue weighted by molar-refractivity contribution is 5.46. The van der Waals surface area contributed by atoms with Crippen LogP contribution in [0.3, 0.4) is 0 Å². The Hall–Kier alpha value is -1.84. The van der Waals surface area contributed by atoms with Crippen LogP contribution in [-0.2, 0) is 6.54 Å². The Bertz CT molecular complexity index is 473. The minimum Gasteiger partial charge on any atom is -0.467 e. The number of aryl methyl sites for hydroxylation is 1. The maximum Gasteiger partial charge on any atom is 0.149 e. The molecule has 2 nitrogen and oxygen atoms in total. The van der Waals surface area contributed by atoms with E-state index in [-0.39, 0.29) is 12.2 Å². The molecular formula is C12H11F2NO. The molecule has 4 heteroatoms. The van der Waals surface area contributed by atoms with Crippen LogP contribution in [0.25, 0.3) is 0 Å². The van der Waals surface area contributed by atoms with Crippen molar-refractivity contribution in [2.75, 3.05) is 5.32 Å².